The summed E-state index contributed by atoms with van der Waals surface area (Å²) in [6.45, 7) is 5.70. The van der Waals surface area contributed by atoms with Crippen molar-refractivity contribution < 1.29 is 4.79 Å². The van der Waals surface area contributed by atoms with E-state index in [2.05, 4.69) is 21.7 Å². The van der Waals surface area contributed by atoms with Crippen molar-refractivity contribution in [1.29, 1.82) is 0 Å². The minimum atomic E-state index is 0.331. The van der Waals surface area contributed by atoms with E-state index in [1.165, 1.54) is 19.4 Å². The lowest BCUT2D eigenvalue weighted by Gasteiger charge is -2.46. The number of rotatable bonds is 2. The smallest absolute Gasteiger partial charge is 0.236 e. The number of amides is 1. The standard InChI is InChI=1S/C16H30N4O/c1-18-7-2-3-13-11-20(10-6-15(13)18)16(21)12-19-8-4-14(17)5-9-19/h13-15H,2-12,17H2,1H3. The summed E-state index contributed by atoms with van der Waals surface area (Å²) < 4.78 is 0. The van der Waals surface area contributed by atoms with Gasteiger partial charge in [0.25, 0.3) is 0 Å². The largest absolute Gasteiger partial charge is 0.341 e. The zero-order chi connectivity index (χ0) is 14.8. The molecular weight excluding hydrogens is 264 g/mol. The fraction of sp³-hybridized carbons (Fsp3) is 0.938. The van der Waals surface area contributed by atoms with Gasteiger partial charge >= 0.3 is 0 Å². The number of piperidine rings is 3. The van der Waals surface area contributed by atoms with E-state index in [4.69, 9.17) is 5.73 Å². The number of carbonyl (C=O) groups excluding carboxylic acids is 1. The van der Waals surface area contributed by atoms with Crippen molar-refractivity contribution in [3.63, 3.8) is 0 Å². The summed E-state index contributed by atoms with van der Waals surface area (Å²) >= 11 is 0. The molecule has 0 aromatic rings. The van der Waals surface area contributed by atoms with Gasteiger partial charge < -0.3 is 15.5 Å². The zero-order valence-corrected chi connectivity index (χ0v) is 13.3. The Kier molecular flexibility index (Phi) is 4.82. The maximum absolute atomic E-state index is 12.5. The Morgan fingerprint density at radius 2 is 1.86 bits per heavy atom. The number of hydrogen-bond acceptors (Lipinski definition) is 4. The van der Waals surface area contributed by atoms with Crippen LogP contribution in [0.25, 0.3) is 0 Å². The minimum Gasteiger partial charge on any atom is -0.341 e. The van der Waals surface area contributed by atoms with Crippen LogP contribution in [0.15, 0.2) is 0 Å². The highest BCUT2D eigenvalue weighted by Crippen LogP contribution is 2.29. The number of carbonyl (C=O) groups is 1. The molecule has 5 nitrogen and oxygen atoms in total. The molecule has 2 atom stereocenters. The molecule has 2 N–H and O–H groups in total. The van der Waals surface area contributed by atoms with Gasteiger partial charge in [0.05, 0.1) is 6.54 Å². The highest BCUT2D eigenvalue weighted by atomic mass is 16.2. The summed E-state index contributed by atoms with van der Waals surface area (Å²) in [5.41, 5.74) is 5.93. The predicted molar refractivity (Wildman–Crippen MR) is 84.0 cm³/mol. The fourth-order valence-electron chi connectivity index (χ4n) is 4.28. The van der Waals surface area contributed by atoms with E-state index < -0.39 is 0 Å². The molecule has 3 fully saturated rings. The Morgan fingerprint density at radius 1 is 1.10 bits per heavy atom. The van der Waals surface area contributed by atoms with Crippen LogP contribution < -0.4 is 5.73 Å². The van der Waals surface area contributed by atoms with Gasteiger partial charge in [-0.05, 0) is 51.6 Å². The lowest BCUT2D eigenvalue weighted by molar-refractivity contribution is -0.136. The van der Waals surface area contributed by atoms with Crippen molar-refractivity contribution in [2.75, 3.05) is 46.3 Å². The Morgan fingerprint density at radius 3 is 2.62 bits per heavy atom. The highest BCUT2D eigenvalue weighted by molar-refractivity contribution is 5.78. The average molecular weight is 294 g/mol. The van der Waals surface area contributed by atoms with Crippen LogP contribution in [0, 0.1) is 5.92 Å². The summed E-state index contributed by atoms with van der Waals surface area (Å²) in [6, 6.07) is 1.04. The molecule has 120 valence electrons. The van der Waals surface area contributed by atoms with E-state index in [-0.39, 0.29) is 0 Å². The summed E-state index contributed by atoms with van der Waals surface area (Å²) in [5, 5.41) is 0. The quantitative estimate of drug-likeness (QED) is 0.798. The van der Waals surface area contributed by atoms with E-state index in [0.29, 0.717) is 30.5 Å². The molecule has 0 aliphatic carbocycles. The molecule has 2 unspecified atom stereocenters. The second kappa shape index (κ2) is 6.63. The molecule has 5 heteroatoms. The lowest BCUT2D eigenvalue weighted by atomic mass is 9.84. The van der Waals surface area contributed by atoms with Crippen LogP contribution in [0.2, 0.25) is 0 Å². The molecule has 21 heavy (non-hydrogen) atoms. The van der Waals surface area contributed by atoms with Crippen LogP contribution in [0.4, 0.5) is 0 Å². The summed E-state index contributed by atoms with van der Waals surface area (Å²) in [5.74, 6) is 1.02. The highest BCUT2D eigenvalue weighted by Gasteiger charge is 2.36. The summed E-state index contributed by atoms with van der Waals surface area (Å²) in [4.78, 5) is 19.4. The van der Waals surface area contributed by atoms with Crippen molar-refractivity contribution in [2.45, 2.75) is 44.2 Å². The van der Waals surface area contributed by atoms with E-state index in [1.54, 1.807) is 0 Å². The van der Waals surface area contributed by atoms with Gasteiger partial charge in [-0.3, -0.25) is 9.69 Å². The molecule has 0 bridgehead atoms. The molecule has 3 saturated heterocycles. The third-order valence-corrected chi connectivity index (χ3v) is 5.69. The SMILES string of the molecule is CN1CCCC2CN(C(=O)CN3CCC(N)CC3)CCC21. The van der Waals surface area contributed by atoms with Crippen molar-refractivity contribution in [3.8, 4) is 0 Å². The molecule has 3 heterocycles. The van der Waals surface area contributed by atoms with Crippen LogP contribution in [-0.4, -0.2) is 79.0 Å². The summed E-state index contributed by atoms with van der Waals surface area (Å²) in [7, 11) is 2.24. The molecule has 1 amide bonds. The molecule has 0 aromatic carbocycles. The first kappa shape index (κ1) is 15.3. The summed E-state index contributed by atoms with van der Waals surface area (Å²) in [6.07, 6.45) is 5.78. The second-order valence-corrected chi connectivity index (χ2v) is 7.19. The number of hydrogen-bond donors (Lipinski definition) is 1. The maximum atomic E-state index is 12.5. The molecule has 3 aliphatic heterocycles. The van der Waals surface area contributed by atoms with Gasteiger partial charge in [-0.1, -0.05) is 0 Å². The van der Waals surface area contributed by atoms with Gasteiger partial charge in [0.15, 0.2) is 0 Å². The average Bonchev–Trinajstić information content (AvgIpc) is 2.49. The first-order chi connectivity index (χ1) is 10.1. The molecule has 3 rings (SSSR count). The lowest BCUT2D eigenvalue weighted by Crippen LogP contribution is -2.55. The third-order valence-electron chi connectivity index (χ3n) is 5.69. The van der Waals surface area contributed by atoms with Crippen molar-refractivity contribution >= 4 is 5.91 Å². The normalized spacial score (nSPS) is 33.0. The van der Waals surface area contributed by atoms with Gasteiger partial charge in [-0.2, -0.15) is 0 Å². The maximum Gasteiger partial charge on any atom is 0.236 e. The topological polar surface area (TPSA) is 52.8 Å². The molecular formula is C16H30N4O. The van der Waals surface area contributed by atoms with Gasteiger partial charge in [0.2, 0.25) is 5.91 Å². The van der Waals surface area contributed by atoms with E-state index in [1.807, 2.05) is 0 Å². The van der Waals surface area contributed by atoms with Crippen molar-refractivity contribution in [3.05, 3.63) is 0 Å². The first-order valence-corrected chi connectivity index (χ1v) is 8.59. The monoisotopic (exact) mass is 294 g/mol. The van der Waals surface area contributed by atoms with Gasteiger partial charge in [0.1, 0.15) is 0 Å². The van der Waals surface area contributed by atoms with Gasteiger partial charge in [-0.15, -0.1) is 0 Å². The van der Waals surface area contributed by atoms with Crippen LogP contribution in [0.1, 0.15) is 32.1 Å². The van der Waals surface area contributed by atoms with E-state index in [0.717, 1.165) is 45.4 Å². The Balaban J connectivity index is 1.49. The zero-order valence-electron chi connectivity index (χ0n) is 13.3. The number of likely N-dealkylation sites (tertiary alicyclic amines) is 3. The van der Waals surface area contributed by atoms with Crippen LogP contribution in [0.3, 0.4) is 0 Å². The Labute approximate surface area is 128 Å². The Hall–Kier alpha value is -0.650. The predicted octanol–water partition coefficient (Wildman–Crippen LogP) is 0.352. The van der Waals surface area contributed by atoms with Gasteiger partial charge in [-0.25, -0.2) is 0 Å². The Bertz CT molecular complexity index is 367. The molecule has 0 spiro atoms. The van der Waals surface area contributed by atoms with Crippen LogP contribution in [0.5, 0.6) is 0 Å². The van der Waals surface area contributed by atoms with Crippen molar-refractivity contribution in [1.82, 2.24) is 14.7 Å². The molecule has 0 aromatic heterocycles. The minimum absolute atomic E-state index is 0.331. The van der Waals surface area contributed by atoms with Crippen LogP contribution >= 0.6 is 0 Å². The second-order valence-electron chi connectivity index (χ2n) is 7.19. The first-order valence-electron chi connectivity index (χ1n) is 8.59. The van der Waals surface area contributed by atoms with E-state index in [9.17, 15) is 4.79 Å². The van der Waals surface area contributed by atoms with Crippen molar-refractivity contribution in [2.24, 2.45) is 11.7 Å². The third kappa shape index (κ3) is 3.58. The van der Waals surface area contributed by atoms with Gasteiger partial charge in [0, 0.05) is 38.3 Å². The fourth-order valence-corrected chi connectivity index (χ4v) is 4.28. The molecule has 0 radical (unpaired) electrons. The van der Waals surface area contributed by atoms with Crippen LogP contribution in [-0.2, 0) is 4.79 Å². The van der Waals surface area contributed by atoms with E-state index >= 15 is 0 Å². The molecule has 3 aliphatic rings. The number of nitrogens with zero attached hydrogens (tertiary/aromatic N) is 3. The number of nitrogens with two attached hydrogens (primary N) is 1. The molecule has 0 saturated carbocycles. The number of fused-ring (bicyclic) bond motifs is 1.